The zero-order valence-electron chi connectivity index (χ0n) is 12.7. The Morgan fingerprint density at radius 3 is 2.52 bits per heavy atom. The summed E-state index contributed by atoms with van der Waals surface area (Å²) in [5.41, 5.74) is 3.43. The van der Waals surface area contributed by atoms with Gasteiger partial charge in [0.05, 0.1) is 6.61 Å². The molecule has 4 heteroatoms. The molecule has 2 aliphatic rings. The van der Waals surface area contributed by atoms with E-state index in [1.165, 1.54) is 5.56 Å². The molecule has 0 bridgehead atoms. The number of aliphatic hydroxyl groups is 1. The smallest absolute Gasteiger partial charge is 0.225 e. The first-order valence-electron chi connectivity index (χ1n) is 7.88. The van der Waals surface area contributed by atoms with E-state index in [-0.39, 0.29) is 6.61 Å². The van der Waals surface area contributed by atoms with Gasteiger partial charge < -0.3 is 10.0 Å². The number of aliphatic hydroxyl groups excluding tert-OH is 1. The molecule has 1 saturated carbocycles. The minimum atomic E-state index is 0.105. The first-order chi connectivity index (χ1) is 10.2. The van der Waals surface area contributed by atoms with E-state index < -0.39 is 0 Å². The van der Waals surface area contributed by atoms with Crippen LogP contribution >= 0.6 is 0 Å². The summed E-state index contributed by atoms with van der Waals surface area (Å²) < 4.78 is 0. The van der Waals surface area contributed by atoms with Gasteiger partial charge in [-0.3, -0.25) is 9.69 Å². The number of carbonyl (C=O) groups is 1. The van der Waals surface area contributed by atoms with Crippen LogP contribution in [-0.4, -0.2) is 47.0 Å². The Kier molecular flexibility index (Phi) is 4.27. The Hall–Kier alpha value is -1.39. The maximum Gasteiger partial charge on any atom is 0.225 e. The number of piperazine rings is 1. The molecule has 2 fully saturated rings. The molecule has 3 rings (SSSR count). The Morgan fingerprint density at radius 2 is 1.95 bits per heavy atom. The summed E-state index contributed by atoms with van der Waals surface area (Å²) >= 11 is 0. The van der Waals surface area contributed by atoms with Gasteiger partial charge in [0.25, 0.3) is 0 Å². The third kappa shape index (κ3) is 3.44. The van der Waals surface area contributed by atoms with Gasteiger partial charge in [0.2, 0.25) is 5.91 Å². The highest BCUT2D eigenvalue weighted by Crippen LogP contribution is 2.31. The van der Waals surface area contributed by atoms with Gasteiger partial charge in [-0.2, -0.15) is 0 Å². The van der Waals surface area contributed by atoms with Crippen LogP contribution in [0.3, 0.4) is 0 Å². The van der Waals surface area contributed by atoms with Crippen molar-refractivity contribution in [2.24, 2.45) is 5.92 Å². The Bertz CT molecular complexity index is 518. The van der Waals surface area contributed by atoms with Gasteiger partial charge in [0.15, 0.2) is 0 Å². The van der Waals surface area contributed by atoms with Crippen LogP contribution in [0.15, 0.2) is 18.2 Å². The second-order valence-corrected chi connectivity index (χ2v) is 6.29. The third-order valence-electron chi connectivity index (χ3n) is 4.59. The first kappa shape index (κ1) is 14.5. The lowest BCUT2D eigenvalue weighted by Gasteiger charge is -2.35. The van der Waals surface area contributed by atoms with Crippen molar-refractivity contribution in [2.75, 3.05) is 26.2 Å². The lowest BCUT2D eigenvalue weighted by Crippen LogP contribution is -2.48. The molecule has 0 aromatic heterocycles. The summed E-state index contributed by atoms with van der Waals surface area (Å²) in [7, 11) is 0. The van der Waals surface area contributed by atoms with Gasteiger partial charge in [0, 0.05) is 38.6 Å². The monoisotopic (exact) mass is 288 g/mol. The average Bonchev–Trinajstić information content (AvgIpc) is 3.32. The van der Waals surface area contributed by atoms with Gasteiger partial charge in [-0.15, -0.1) is 0 Å². The fourth-order valence-electron chi connectivity index (χ4n) is 3.01. The van der Waals surface area contributed by atoms with Crippen molar-refractivity contribution in [1.82, 2.24) is 9.80 Å². The number of carbonyl (C=O) groups excluding carboxylic acids is 1. The Labute approximate surface area is 126 Å². The second kappa shape index (κ2) is 6.16. The topological polar surface area (TPSA) is 43.8 Å². The first-order valence-corrected chi connectivity index (χ1v) is 7.88. The van der Waals surface area contributed by atoms with E-state index in [1.807, 2.05) is 17.9 Å². The van der Waals surface area contributed by atoms with Crippen LogP contribution in [0.2, 0.25) is 0 Å². The van der Waals surface area contributed by atoms with E-state index in [0.29, 0.717) is 11.8 Å². The number of amides is 1. The molecule has 1 aromatic carbocycles. The largest absolute Gasteiger partial charge is 0.392 e. The van der Waals surface area contributed by atoms with Gasteiger partial charge in [-0.25, -0.2) is 0 Å². The molecular weight excluding hydrogens is 264 g/mol. The summed E-state index contributed by atoms with van der Waals surface area (Å²) in [4.78, 5) is 16.5. The number of benzene rings is 1. The highest BCUT2D eigenvalue weighted by molar-refractivity contribution is 5.81. The van der Waals surface area contributed by atoms with Gasteiger partial charge in [0.1, 0.15) is 0 Å². The van der Waals surface area contributed by atoms with Crippen LogP contribution in [-0.2, 0) is 17.9 Å². The van der Waals surface area contributed by atoms with Gasteiger partial charge in [-0.1, -0.05) is 18.2 Å². The number of rotatable bonds is 4. The number of nitrogens with zero attached hydrogens (tertiary/aromatic N) is 2. The molecule has 1 N–H and O–H groups in total. The SMILES string of the molecule is Cc1cc(CN2CCN(C(=O)C3CC3)CC2)ccc1CO. The highest BCUT2D eigenvalue weighted by atomic mass is 16.3. The minimum Gasteiger partial charge on any atom is -0.392 e. The summed E-state index contributed by atoms with van der Waals surface area (Å²) in [6, 6.07) is 6.27. The zero-order valence-corrected chi connectivity index (χ0v) is 12.7. The number of hydrogen-bond donors (Lipinski definition) is 1. The molecule has 1 heterocycles. The average molecular weight is 288 g/mol. The molecule has 1 aliphatic carbocycles. The number of aryl methyl sites for hydroxylation is 1. The molecule has 4 nitrogen and oxygen atoms in total. The van der Waals surface area contributed by atoms with Crippen LogP contribution in [0.5, 0.6) is 0 Å². The molecule has 114 valence electrons. The molecule has 1 aromatic rings. The van der Waals surface area contributed by atoms with Crippen molar-refractivity contribution in [2.45, 2.75) is 32.9 Å². The van der Waals surface area contributed by atoms with Crippen molar-refractivity contribution < 1.29 is 9.90 Å². The Balaban J connectivity index is 1.53. The fourth-order valence-corrected chi connectivity index (χ4v) is 3.01. The molecule has 0 spiro atoms. The summed E-state index contributed by atoms with van der Waals surface area (Å²) in [6.45, 7) is 6.72. The molecule has 0 unspecified atom stereocenters. The number of hydrogen-bond acceptors (Lipinski definition) is 3. The predicted molar refractivity (Wildman–Crippen MR) is 81.7 cm³/mol. The third-order valence-corrected chi connectivity index (χ3v) is 4.59. The minimum absolute atomic E-state index is 0.105. The molecular formula is C17H24N2O2. The highest BCUT2D eigenvalue weighted by Gasteiger charge is 2.34. The van der Waals surface area contributed by atoms with Crippen LogP contribution < -0.4 is 0 Å². The van der Waals surface area contributed by atoms with E-state index in [1.54, 1.807) is 0 Å². The lowest BCUT2D eigenvalue weighted by atomic mass is 10.1. The maximum atomic E-state index is 12.0. The van der Waals surface area contributed by atoms with Crippen LogP contribution in [0, 0.1) is 12.8 Å². The fraction of sp³-hybridized carbons (Fsp3) is 0.588. The van der Waals surface area contributed by atoms with Gasteiger partial charge in [-0.05, 0) is 36.5 Å². The van der Waals surface area contributed by atoms with Gasteiger partial charge >= 0.3 is 0 Å². The van der Waals surface area contributed by atoms with E-state index in [0.717, 1.165) is 56.7 Å². The zero-order chi connectivity index (χ0) is 14.8. The maximum absolute atomic E-state index is 12.0. The van der Waals surface area contributed by atoms with E-state index >= 15 is 0 Å². The summed E-state index contributed by atoms with van der Waals surface area (Å²) in [5.74, 6) is 0.711. The van der Waals surface area contributed by atoms with Crippen molar-refractivity contribution >= 4 is 5.91 Å². The van der Waals surface area contributed by atoms with Crippen LogP contribution in [0.4, 0.5) is 0 Å². The summed E-state index contributed by atoms with van der Waals surface area (Å²) in [6.07, 6.45) is 2.19. The van der Waals surface area contributed by atoms with E-state index in [4.69, 9.17) is 0 Å². The molecule has 21 heavy (non-hydrogen) atoms. The van der Waals surface area contributed by atoms with Crippen molar-refractivity contribution in [3.05, 3.63) is 34.9 Å². The second-order valence-electron chi connectivity index (χ2n) is 6.29. The van der Waals surface area contributed by atoms with E-state index in [2.05, 4.69) is 17.0 Å². The molecule has 1 saturated heterocycles. The van der Waals surface area contributed by atoms with Crippen LogP contribution in [0.25, 0.3) is 0 Å². The lowest BCUT2D eigenvalue weighted by molar-refractivity contribution is -0.134. The predicted octanol–water partition coefficient (Wildman–Crippen LogP) is 1.54. The molecule has 1 aliphatic heterocycles. The quantitative estimate of drug-likeness (QED) is 0.914. The van der Waals surface area contributed by atoms with E-state index in [9.17, 15) is 9.90 Å². The standard InChI is InChI=1S/C17H24N2O2/c1-13-10-14(2-3-16(13)12-20)11-18-6-8-19(9-7-18)17(21)15-4-5-15/h2-3,10,15,20H,4-9,11-12H2,1H3. The molecule has 0 atom stereocenters. The molecule has 1 amide bonds. The summed E-state index contributed by atoms with van der Waals surface area (Å²) in [5, 5.41) is 9.21. The normalized spacial score (nSPS) is 19.8. The van der Waals surface area contributed by atoms with Crippen molar-refractivity contribution in [3.8, 4) is 0 Å². The Morgan fingerprint density at radius 1 is 1.24 bits per heavy atom. The van der Waals surface area contributed by atoms with Crippen molar-refractivity contribution in [1.29, 1.82) is 0 Å². The van der Waals surface area contributed by atoms with Crippen LogP contribution in [0.1, 0.15) is 29.5 Å². The molecule has 0 radical (unpaired) electrons. The van der Waals surface area contributed by atoms with Crippen molar-refractivity contribution in [3.63, 3.8) is 0 Å².